The van der Waals surface area contributed by atoms with Gasteiger partial charge >= 0.3 is 0 Å². The summed E-state index contributed by atoms with van der Waals surface area (Å²) in [5, 5.41) is 0.564. The molecule has 0 saturated carbocycles. The molecule has 0 saturated heterocycles. The maximum Gasteiger partial charge on any atom is 0.174 e. The van der Waals surface area contributed by atoms with Crippen molar-refractivity contribution in [2.45, 2.75) is 32.0 Å². The van der Waals surface area contributed by atoms with Gasteiger partial charge in [0, 0.05) is 17.0 Å². The van der Waals surface area contributed by atoms with E-state index in [4.69, 9.17) is 16.6 Å². The molecule has 2 heterocycles. The SMILES string of the molecule is Cc1ncc2n1-c1ccc(Cl)cc1C(C1(F)C=CC=CC1)=NC2C. The zero-order chi connectivity index (χ0) is 16.9. The van der Waals surface area contributed by atoms with Gasteiger partial charge in [-0.15, -0.1) is 0 Å². The molecule has 1 aromatic carbocycles. The minimum Gasteiger partial charge on any atom is -0.298 e. The Labute approximate surface area is 145 Å². The standard InChI is InChI=1S/C19H17ClFN3/c1-12-17-11-22-13(2)24(17)16-7-6-14(20)10-15(16)18(23-12)19(21)8-4-3-5-9-19/h3-8,10-12H,9H2,1-2H3. The Morgan fingerprint density at radius 2 is 2.17 bits per heavy atom. The summed E-state index contributed by atoms with van der Waals surface area (Å²) in [7, 11) is 0. The topological polar surface area (TPSA) is 30.2 Å². The molecule has 1 aliphatic carbocycles. The van der Waals surface area contributed by atoms with E-state index < -0.39 is 5.67 Å². The largest absolute Gasteiger partial charge is 0.298 e. The molecule has 0 N–H and O–H groups in total. The lowest BCUT2D eigenvalue weighted by Crippen LogP contribution is -2.33. The van der Waals surface area contributed by atoms with E-state index in [0.717, 1.165) is 22.8 Å². The average molecular weight is 342 g/mol. The quantitative estimate of drug-likeness (QED) is 0.724. The molecule has 122 valence electrons. The molecule has 24 heavy (non-hydrogen) atoms. The van der Waals surface area contributed by atoms with E-state index in [1.807, 2.05) is 48.9 Å². The van der Waals surface area contributed by atoms with Crippen molar-refractivity contribution in [1.82, 2.24) is 9.55 Å². The van der Waals surface area contributed by atoms with Gasteiger partial charge in [0.15, 0.2) is 5.67 Å². The third kappa shape index (κ3) is 2.25. The predicted octanol–water partition coefficient (Wildman–Crippen LogP) is 4.92. The van der Waals surface area contributed by atoms with Crippen LogP contribution in [0, 0.1) is 6.92 Å². The Balaban J connectivity index is 2.02. The lowest BCUT2D eigenvalue weighted by atomic mass is 9.87. The van der Waals surface area contributed by atoms with Crippen molar-refractivity contribution in [3.05, 3.63) is 70.8 Å². The molecule has 0 fully saturated rings. The van der Waals surface area contributed by atoms with Crippen LogP contribution in [-0.2, 0) is 0 Å². The molecule has 2 aromatic rings. The van der Waals surface area contributed by atoms with Crippen molar-refractivity contribution in [3.63, 3.8) is 0 Å². The van der Waals surface area contributed by atoms with Gasteiger partial charge in [0.2, 0.25) is 0 Å². The highest BCUT2D eigenvalue weighted by atomic mass is 35.5. The molecule has 0 amide bonds. The van der Waals surface area contributed by atoms with Gasteiger partial charge < -0.3 is 0 Å². The van der Waals surface area contributed by atoms with E-state index >= 15 is 4.39 Å². The van der Waals surface area contributed by atoms with Crippen LogP contribution in [0.2, 0.25) is 5.02 Å². The van der Waals surface area contributed by atoms with Crippen LogP contribution in [0.15, 0.2) is 53.7 Å². The number of fused-ring (bicyclic) bond motifs is 3. The fourth-order valence-electron chi connectivity index (χ4n) is 3.39. The van der Waals surface area contributed by atoms with Crippen LogP contribution in [0.3, 0.4) is 0 Å². The van der Waals surface area contributed by atoms with Crippen LogP contribution in [0.1, 0.15) is 36.5 Å². The third-order valence-corrected chi connectivity index (χ3v) is 4.82. The molecule has 0 spiro atoms. The fourth-order valence-corrected chi connectivity index (χ4v) is 3.57. The van der Waals surface area contributed by atoms with Crippen LogP contribution in [0.25, 0.3) is 5.69 Å². The Morgan fingerprint density at radius 1 is 1.33 bits per heavy atom. The average Bonchev–Trinajstić information content (AvgIpc) is 2.89. The van der Waals surface area contributed by atoms with E-state index in [1.165, 1.54) is 0 Å². The first-order chi connectivity index (χ1) is 11.5. The van der Waals surface area contributed by atoms with Gasteiger partial charge in [0.05, 0.1) is 29.3 Å². The van der Waals surface area contributed by atoms with Crippen LogP contribution in [0.5, 0.6) is 0 Å². The number of benzene rings is 1. The van der Waals surface area contributed by atoms with E-state index in [-0.39, 0.29) is 12.5 Å². The number of halogens is 2. The maximum absolute atomic E-state index is 15.7. The second-order valence-corrected chi connectivity index (χ2v) is 6.67. The first kappa shape index (κ1) is 15.3. The summed E-state index contributed by atoms with van der Waals surface area (Å²) in [5.74, 6) is 0.851. The monoisotopic (exact) mass is 341 g/mol. The van der Waals surface area contributed by atoms with Crippen molar-refractivity contribution >= 4 is 17.3 Å². The van der Waals surface area contributed by atoms with E-state index in [0.29, 0.717) is 10.7 Å². The number of alkyl halides is 1. The molecule has 2 aliphatic rings. The maximum atomic E-state index is 15.7. The van der Waals surface area contributed by atoms with Crippen molar-refractivity contribution in [3.8, 4) is 5.69 Å². The molecular formula is C19H17ClFN3. The number of hydrogen-bond donors (Lipinski definition) is 0. The molecule has 1 aliphatic heterocycles. The number of aryl methyl sites for hydroxylation is 1. The smallest absolute Gasteiger partial charge is 0.174 e. The van der Waals surface area contributed by atoms with Gasteiger partial charge in [0.25, 0.3) is 0 Å². The third-order valence-electron chi connectivity index (χ3n) is 4.59. The number of nitrogens with zero attached hydrogens (tertiary/aromatic N) is 3. The Hall–Kier alpha value is -2.20. The molecule has 0 radical (unpaired) electrons. The highest BCUT2D eigenvalue weighted by Crippen LogP contribution is 2.37. The normalized spacial score (nSPS) is 25.0. The van der Waals surface area contributed by atoms with Crippen LogP contribution >= 0.6 is 11.6 Å². The molecule has 2 unspecified atom stereocenters. The molecule has 1 aromatic heterocycles. The van der Waals surface area contributed by atoms with Crippen molar-refractivity contribution in [2.75, 3.05) is 0 Å². The highest BCUT2D eigenvalue weighted by molar-refractivity contribution is 6.31. The second kappa shape index (κ2) is 5.42. The lowest BCUT2D eigenvalue weighted by molar-refractivity contribution is 0.325. The summed E-state index contributed by atoms with van der Waals surface area (Å²) in [6, 6.07) is 5.33. The Morgan fingerprint density at radius 3 is 2.92 bits per heavy atom. The zero-order valence-corrected chi connectivity index (χ0v) is 14.3. The molecule has 0 bridgehead atoms. The summed E-state index contributed by atoms with van der Waals surface area (Å²) < 4.78 is 17.8. The van der Waals surface area contributed by atoms with Crippen LogP contribution < -0.4 is 0 Å². The Bertz CT molecular complexity index is 909. The van der Waals surface area contributed by atoms with E-state index in [9.17, 15) is 0 Å². The number of hydrogen-bond acceptors (Lipinski definition) is 2. The minimum absolute atomic E-state index is 0.195. The highest BCUT2D eigenvalue weighted by Gasteiger charge is 2.38. The number of aromatic nitrogens is 2. The van der Waals surface area contributed by atoms with Crippen molar-refractivity contribution in [1.29, 1.82) is 0 Å². The zero-order valence-electron chi connectivity index (χ0n) is 13.5. The molecule has 4 rings (SSSR count). The number of imidazole rings is 1. The summed E-state index contributed by atoms with van der Waals surface area (Å²) >= 11 is 6.22. The number of rotatable bonds is 1. The number of allylic oxidation sites excluding steroid dienone is 4. The molecule has 3 nitrogen and oxygen atoms in total. The first-order valence-corrected chi connectivity index (χ1v) is 8.33. The van der Waals surface area contributed by atoms with Gasteiger partial charge in [-0.3, -0.25) is 9.56 Å². The van der Waals surface area contributed by atoms with Gasteiger partial charge in [-0.05, 0) is 38.1 Å². The second-order valence-electron chi connectivity index (χ2n) is 6.23. The predicted molar refractivity (Wildman–Crippen MR) is 95.0 cm³/mol. The fraction of sp³-hybridized carbons (Fsp3) is 0.263. The van der Waals surface area contributed by atoms with Crippen LogP contribution in [-0.4, -0.2) is 20.9 Å². The van der Waals surface area contributed by atoms with Gasteiger partial charge in [0.1, 0.15) is 5.82 Å². The summed E-state index contributed by atoms with van der Waals surface area (Å²) in [4.78, 5) is 9.15. The van der Waals surface area contributed by atoms with E-state index in [1.54, 1.807) is 18.2 Å². The van der Waals surface area contributed by atoms with Gasteiger partial charge in [-0.25, -0.2) is 9.37 Å². The van der Waals surface area contributed by atoms with Gasteiger partial charge in [-0.2, -0.15) is 0 Å². The summed E-state index contributed by atoms with van der Waals surface area (Å²) in [6.45, 7) is 3.90. The molecule has 5 heteroatoms. The lowest BCUT2D eigenvalue weighted by Gasteiger charge is -2.25. The van der Waals surface area contributed by atoms with Crippen molar-refractivity contribution < 1.29 is 4.39 Å². The first-order valence-electron chi connectivity index (χ1n) is 7.96. The van der Waals surface area contributed by atoms with Gasteiger partial charge in [-0.1, -0.05) is 29.8 Å². The van der Waals surface area contributed by atoms with Crippen LogP contribution in [0.4, 0.5) is 4.39 Å². The van der Waals surface area contributed by atoms with Crippen molar-refractivity contribution in [2.24, 2.45) is 4.99 Å². The molecular weight excluding hydrogens is 325 g/mol. The van der Waals surface area contributed by atoms with E-state index in [2.05, 4.69) is 4.98 Å². The summed E-state index contributed by atoms with van der Waals surface area (Å²) in [6.07, 6.45) is 9.08. The number of aliphatic imine (C=N–C) groups is 1. The Kier molecular flexibility index (Phi) is 3.46. The summed E-state index contributed by atoms with van der Waals surface area (Å²) in [5.41, 5.74) is 1.33. The minimum atomic E-state index is -1.63. The molecule has 2 atom stereocenters.